The van der Waals surface area contributed by atoms with Crippen molar-refractivity contribution < 1.29 is 9.53 Å². The van der Waals surface area contributed by atoms with Crippen LogP contribution in [-0.2, 0) is 9.53 Å². The predicted molar refractivity (Wildman–Crippen MR) is 83.7 cm³/mol. The number of rotatable bonds is 11. The van der Waals surface area contributed by atoms with E-state index in [1.807, 2.05) is 13.8 Å². The smallest absolute Gasteiger partial charge is 0.149 e. The van der Waals surface area contributed by atoms with Crippen molar-refractivity contribution in [2.45, 2.75) is 52.3 Å². The Morgan fingerprint density at radius 2 is 2.00 bits per heavy atom. The van der Waals surface area contributed by atoms with Crippen molar-refractivity contribution in [2.24, 2.45) is 17.6 Å². The Labute approximate surface area is 123 Å². The zero-order valence-corrected chi connectivity index (χ0v) is 13.5. The second-order valence-corrected chi connectivity index (χ2v) is 5.89. The van der Waals surface area contributed by atoms with Crippen molar-refractivity contribution in [2.75, 3.05) is 18.9 Å². The molecule has 0 amide bonds. The molecule has 0 radical (unpaired) electrons. The summed E-state index contributed by atoms with van der Waals surface area (Å²) in [6.45, 7) is 9.56. The zero-order valence-electron chi connectivity index (χ0n) is 12.6. The SMILES string of the molecule is CC[C@H](C)[C@@H](CO[C@H](C=O)C(C)C)NC[C@@H](N)CS. The first-order valence-corrected chi connectivity index (χ1v) is 7.76. The lowest BCUT2D eigenvalue weighted by molar-refractivity contribution is -0.121. The molecule has 0 fully saturated rings. The number of carbonyl (C=O) groups excluding carboxylic acids is 1. The molecule has 0 aromatic rings. The number of hydrogen-bond acceptors (Lipinski definition) is 5. The molecule has 0 aliphatic rings. The van der Waals surface area contributed by atoms with Crippen LogP contribution in [0.25, 0.3) is 0 Å². The molecule has 4 atom stereocenters. The summed E-state index contributed by atoms with van der Waals surface area (Å²) in [7, 11) is 0. The van der Waals surface area contributed by atoms with E-state index < -0.39 is 0 Å². The quantitative estimate of drug-likeness (QED) is 0.398. The molecule has 0 spiro atoms. The summed E-state index contributed by atoms with van der Waals surface area (Å²) in [5, 5.41) is 3.42. The van der Waals surface area contributed by atoms with Gasteiger partial charge in [-0.15, -0.1) is 0 Å². The van der Waals surface area contributed by atoms with E-state index in [-0.39, 0.29) is 24.1 Å². The van der Waals surface area contributed by atoms with E-state index in [1.54, 1.807) is 0 Å². The fourth-order valence-corrected chi connectivity index (χ4v) is 1.81. The number of thiol groups is 1. The first-order chi connectivity index (χ1) is 8.96. The van der Waals surface area contributed by atoms with E-state index in [1.165, 1.54) is 0 Å². The highest BCUT2D eigenvalue weighted by Gasteiger charge is 2.20. The van der Waals surface area contributed by atoms with Crippen molar-refractivity contribution in [3.05, 3.63) is 0 Å². The van der Waals surface area contributed by atoms with Crippen LogP contribution in [-0.4, -0.2) is 43.4 Å². The lowest BCUT2D eigenvalue weighted by atomic mass is 9.99. The maximum absolute atomic E-state index is 10.9. The molecular weight excluding hydrogens is 260 g/mol. The standard InChI is InChI=1S/C14H30N2O2S/c1-5-11(4)13(16-6-12(15)9-19)8-18-14(7-17)10(2)3/h7,10-14,16,19H,5-6,8-9,15H2,1-4H3/t11-,12+,13+,14+/m0/s1. The summed E-state index contributed by atoms with van der Waals surface area (Å²) in [4.78, 5) is 10.9. The Bertz CT molecular complexity index is 239. The number of nitrogens with one attached hydrogen (secondary N) is 1. The van der Waals surface area contributed by atoms with E-state index >= 15 is 0 Å². The van der Waals surface area contributed by atoms with Crippen LogP contribution in [0.15, 0.2) is 0 Å². The minimum absolute atomic E-state index is 0.0434. The van der Waals surface area contributed by atoms with Gasteiger partial charge in [0, 0.05) is 24.4 Å². The van der Waals surface area contributed by atoms with Crippen molar-refractivity contribution >= 4 is 18.9 Å². The second-order valence-electron chi connectivity index (χ2n) is 5.52. The number of nitrogens with two attached hydrogens (primary N) is 1. The number of carbonyl (C=O) groups is 1. The minimum atomic E-state index is -0.327. The third kappa shape index (κ3) is 7.92. The van der Waals surface area contributed by atoms with Crippen LogP contribution in [0.1, 0.15) is 34.1 Å². The highest BCUT2D eigenvalue weighted by Crippen LogP contribution is 2.11. The molecule has 5 heteroatoms. The van der Waals surface area contributed by atoms with Gasteiger partial charge in [-0.3, -0.25) is 0 Å². The number of ether oxygens (including phenoxy) is 1. The van der Waals surface area contributed by atoms with Crippen LogP contribution in [0, 0.1) is 11.8 Å². The Hall–Kier alpha value is -0.100. The molecule has 114 valence electrons. The topological polar surface area (TPSA) is 64.3 Å². The van der Waals surface area contributed by atoms with Gasteiger partial charge >= 0.3 is 0 Å². The van der Waals surface area contributed by atoms with Gasteiger partial charge in [0.15, 0.2) is 0 Å². The van der Waals surface area contributed by atoms with Gasteiger partial charge < -0.3 is 20.6 Å². The third-order valence-corrected chi connectivity index (χ3v) is 3.94. The summed E-state index contributed by atoms with van der Waals surface area (Å²) in [5.41, 5.74) is 5.86. The first kappa shape index (κ1) is 18.9. The maximum atomic E-state index is 10.9. The summed E-state index contributed by atoms with van der Waals surface area (Å²) < 4.78 is 5.71. The minimum Gasteiger partial charge on any atom is -0.369 e. The molecule has 4 nitrogen and oxygen atoms in total. The van der Waals surface area contributed by atoms with Crippen LogP contribution in [0.2, 0.25) is 0 Å². The lowest BCUT2D eigenvalue weighted by Gasteiger charge is -2.27. The summed E-state index contributed by atoms with van der Waals surface area (Å²) in [5.74, 6) is 1.34. The molecule has 0 aliphatic carbocycles. The average Bonchev–Trinajstić information content (AvgIpc) is 2.40. The third-order valence-electron chi connectivity index (χ3n) is 3.47. The van der Waals surface area contributed by atoms with Crippen molar-refractivity contribution in [1.29, 1.82) is 0 Å². The van der Waals surface area contributed by atoms with Gasteiger partial charge in [0.25, 0.3) is 0 Å². The molecule has 0 heterocycles. The van der Waals surface area contributed by atoms with Crippen LogP contribution < -0.4 is 11.1 Å². The van der Waals surface area contributed by atoms with Gasteiger partial charge in [0.1, 0.15) is 12.4 Å². The van der Waals surface area contributed by atoms with E-state index in [2.05, 4.69) is 31.8 Å². The van der Waals surface area contributed by atoms with Crippen molar-refractivity contribution in [1.82, 2.24) is 5.32 Å². The Morgan fingerprint density at radius 3 is 2.42 bits per heavy atom. The van der Waals surface area contributed by atoms with E-state index in [9.17, 15) is 4.79 Å². The largest absolute Gasteiger partial charge is 0.369 e. The molecule has 0 saturated heterocycles. The van der Waals surface area contributed by atoms with Gasteiger partial charge in [-0.1, -0.05) is 34.1 Å². The highest BCUT2D eigenvalue weighted by molar-refractivity contribution is 7.80. The molecule has 0 aliphatic heterocycles. The van der Waals surface area contributed by atoms with Gasteiger partial charge in [-0.05, 0) is 11.8 Å². The van der Waals surface area contributed by atoms with Crippen molar-refractivity contribution in [3.63, 3.8) is 0 Å². The molecule has 19 heavy (non-hydrogen) atoms. The Kier molecular flexibility index (Phi) is 10.6. The van der Waals surface area contributed by atoms with Gasteiger partial charge in [0.05, 0.1) is 6.61 Å². The Morgan fingerprint density at radius 1 is 1.37 bits per heavy atom. The van der Waals surface area contributed by atoms with Crippen LogP contribution in [0.4, 0.5) is 0 Å². The summed E-state index contributed by atoms with van der Waals surface area (Å²) in [6, 6.07) is 0.263. The van der Waals surface area contributed by atoms with E-state index in [4.69, 9.17) is 10.5 Å². The number of aldehydes is 1. The average molecular weight is 290 g/mol. The maximum Gasteiger partial charge on any atom is 0.149 e. The molecular formula is C14H30N2O2S. The van der Waals surface area contributed by atoms with Crippen molar-refractivity contribution in [3.8, 4) is 0 Å². The van der Waals surface area contributed by atoms with Crippen LogP contribution in [0.3, 0.4) is 0 Å². The van der Waals surface area contributed by atoms with Crippen LogP contribution in [0.5, 0.6) is 0 Å². The van der Waals surface area contributed by atoms with Gasteiger partial charge in [-0.25, -0.2) is 0 Å². The molecule has 0 aromatic carbocycles. The van der Waals surface area contributed by atoms with E-state index in [0.29, 0.717) is 18.3 Å². The monoisotopic (exact) mass is 290 g/mol. The predicted octanol–water partition coefficient (Wildman–Crippen LogP) is 1.49. The second kappa shape index (κ2) is 10.7. The van der Waals surface area contributed by atoms with Gasteiger partial charge in [0.2, 0.25) is 0 Å². The van der Waals surface area contributed by atoms with Crippen LogP contribution >= 0.6 is 12.6 Å². The summed E-state index contributed by atoms with van der Waals surface area (Å²) >= 11 is 4.18. The van der Waals surface area contributed by atoms with E-state index in [0.717, 1.165) is 19.3 Å². The molecule has 0 bridgehead atoms. The zero-order chi connectivity index (χ0) is 14.8. The summed E-state index contributed by atoms with van der Waals surface area (Å²) in [6.07, 6.45) is 1.62. The highest BCUT2D eigenvalue weighted by atomic mass is 32.1. The molecule has 0 unspecified atom stereocenters. The molecule has 0 rings (SSSR count). The fraction of sp³-hybridized carbons (Fsp3) is 0.929. The molecule has 0 saturated carbocycles. The molecule has 3 N–H and O–H groups in total. The molecule has 0 aromatic heterocycles. The normalized spacial score (nSPS) is 18.1. The lowest BCUT2D eigenvalue weighted by Crippen LogP contribution is -2.46. The van der Waals surface area contributed by atoms with Gasteiger partial charge in [-0.2, -0.15) is 12.6 Å². The fourth-order valence-electron chi connectivity index (χ4n) is 1.68. The first-order valence-electron chi connectivity index (χ1n) is 7.12. The Balaban J connectivity index is 4.30. The number of hydrogen-bond donors (Lipinski definition) is 3.